The highest BCUT2D eigenvalue weighted by Crippen LogP contribution is 2.29. The van der Waals surface area contributed by atoms with Crippen molar-refractivity contribution in [3.8, 4) is 0 Å². The minimum absolute atomic E-state index is 1.11. The van der Waals surface area contributed by atoms with Crippen molar-refractivity contribution in [3.05, 3.63) is 83.9 Å². The predicted molar refractivity (Wildman–Crippen MR) is 95.4 cm³/mol. The first-order valence-electron chi connectivity index (χ1n) is 7.48. The van der Waals surface area contributed by atoms with Crippen LogP contribution in [0.3, 0.4) is 0 Å². The lowest BCUT2D eigenvalue weighted by atomic mass is 10.0. The summed E-state index contributed by atoms with van der Waals surface area (Å²) >= 11 is 0. The van der Waals surface area contributed by atoms with Crippen LogP contribution < -0.4 is 10.6 Å². The molecule has 0 radical (unpaired) electrons. The largest absolute Gasteiger partial charge is 0.355 e. The predicted octanol–water partition coefficient (Wildman–Crippen LogP) is 5.79. The first-order valence-corrected chi connectivity index (χ1v) is 7.48. The first kappa shape index (κ1) is 14.2. The summed E-state index contributed by atoms with van der Waals surface area (Å²) in [4.78, 5) is 0. The van der Waals surface area contributed by atoms with Crippen LogP contribution in [0.15, 0.2) is 72.8 Å². The van der Waals surface area contributed by atoms with Gasteiger partial charge >= 0.3 is 0 Å². The lowest BCUT2D eigenvalue weighted by Crippen LogP contribution is -1.99. The van der Waals surface area contributed by atoms with Gasteiger partial charge in [-0.25, -0.2) is 0 Å². The van der Waals surface area contributed by atoms with Crippen molar-refractivity contribution in [2.75, 3.05) is 10.6 Å². The Bertz CT molecular complexity index is 683. The summed E-state index contributed by atoms with van der Waals surface area (Å²) in [5.41, 5.74) is 7.00. The molecule has 3 aromatic rings. The molecule has 0 atom stereocenters. The fraction of sp³-hybridized carbons (Fsp3) is 0.100. The molecule has 110 valence electrons. The van der Waals surface area contributed by atoms with Crippen LogP contribution >= 0.6 is 0 Å². The summed E-state index contributed by atoms with van der Waals surface area (Å²) in [6.45, 7) is 4.30. The van der Waals surface area contributed by atoms with Gasteiger partial charge in [0, 0.05) is 22.7 Å². The number of hydrogen-bond donors (Lipinski definition) is 2. The third kappa shape index (κ3) is 3.12. The van der Waals surface area contributed by atoms with Crippen molar-refractivity contribution in [2.24, 2.45) is 0 Å². The minimum atomic E-state index is 1.11. The van der Waals surface area contributed by atoms with E-state index in [1.54, 1.807) is 0 Å². The van der Waals surface area contributed by atoms with Gasteiger partial charge in [0.05, 0.1) is 0 Å². The van der Waals surface area contributed by atoms with E-state index < -0.39 is 0 Å². The Kier molecular flexibility index (Phi) is 4.10. The fourth-order valence-electron chi connectivity index (χ4n) is 2.45. The maximum absolute atomic E-state index is 3.48. The molecule has 0 amide bonds. The fourth-order valence-corrected chi connectivity index (χ4v) is 2.45. The van der Waals surface area contributed by atoms with Crippen molar-refractivity contribution in [2.45, 2.75) is 13.8 Å². The zero-order valence-electron chi connectivity index (χ0n) is 12.9. The Morgan fingerprint density at radius 3 is 1.23 bits per heavy atom. The molecule has 0 bridgehead atoms. The number of nitrogens with one attached hydrogen (secondary N) is 2. The van der Waals surface area contributed by atoms with Crippen molar-refractivity contribution in [1.82, 2.24) is 0 Å². The summed E-state index contributed by atoms with van der Waals surface area (Å²) in [5.74, 6) is 0. The highest BCUT2D eigenvalue weighted by atomic mass is 14.9. The van der Waals surface area contributed by atoms with E-state index in [2.05, 4.69) is 60.9 Å². The van der Waals surface area contributed by atoms with Gasteiger partial charge in [0.2, 0.25) is 0 Å². The van der Waals surface area contributed by atoms with Crippen molar-refractivity contribution in [1.29, 1.82) is 0 Å². The van der Waals surface area contributed by atoms with Gasteiger partial charge in [-0.1, -0.05) is 36.4 Å². The molecule has 3 aromatic carbocycles. The number of rotatable bonds is 4. The molecule has 0 aromatic heterocycles. The number of anilines is 4. The van der Waals surface area contributed by atoms with E-state index in [1.807, 2.05) is 36.4 Å². The molecule has 0 saturated carbocycles. The Morgan fingerprint density at radius 2 is 0.864 bits per heavy atom. The third-order valence-corrected chi connectivity index (χ3v) is 3.89. The molecular weight excluding hydrogens is 268 g/mol. The van der Waals surface area contributed by atoms with E-state index in [1.165, 1.54) is 11.1 Å². The summed E-state index contributed by atoms with van der Waals surface area (Å²) in [6.07, 6.45) is 0. The van der Waals surface area contributed by atoms with Crippen LogP contribution in [-0.2, 0) is 0 Å². The van der Waals surface area contributed by atoms with Gasteiger partial charge in [0.15, 0.2) is 0 Å². The third-order valence-electron chi connectivity index (χ3n) is 3.89. The Morgan fingerprint density at radius 1 is 0.500 bits per heavy atom. The highest BCUT2D eigenvalue weighted by molar-refractivity contribution is 5.72. The quantitative estimate of drug-likeness (QED) is 0.635. The molecule has 2 heteroatoms. The smallest absolute Gasteiger partial charge is 0.0418 e. The molecule has 0 unspecified atom stereocenters. The SMILES string of the molecule is Cc1c(Nc2ccccc2)ccc(Nc2ccccc2)c1C. The molecule has 0 aliphatic carbocycles. The van der Waals surface area contributed by atoms with Gasteiger partial charge in [0.1, 0.15) is 0 Å². The average molecular weight is 288 g/mol. The highest BCUT2D eigenvalue weighted by Gasteiger charge is 2.07. The normalized spacial score (nSPS) is 10.3. The van der Waals surface area contributed by atoms with Gasteiger partial charge in [-0.15, -0.1) is 0 Å². The van der Waals surface area contributed by atoms with E-state index in [4.69, 9.17) is 0 Å². The minimum Gasteiger partial charge on any atom is -0.355 e. The van der Waals surface area contributed by atoms with Crippen LogP contribution in [0.1, 0.15) is 11.1 Å². The number of hydrogen-bond acceptors (Lipinski definition) is 2. The van der Waals surface area contributed by atoms with Gasteiger partial charge in [-0.2, -0.15) is 0 Å². The zero-order valence-corrected chi connectivity index (χ0v) is 12.9. The molecule has 0 heterocycles. The van der Waals surface area contributed by atoms with Crippen LogP contribution in [0.5, 0.6) is 0 Å². The second-order valence-electron chi connectivity index (χ2n) is 5.39. The second kappa shape index (κ2) is 6.35. The lowest BCUT2D eigenvalue weighted by Gasteiger charge is -2.16. The van der Waals surface area contributed by atoms with Gasteiger partial charge in [0.25, 0.3) is 0 Å². The molecule has 0 aliphatic heterocycles. The molecule has 0 fully saturated rings. The Balaban J connectivity index is 1.85. The topological polar surface area (TPSA) is 24.1 Å². The molecular formula is C20H20N2. The van der Waals surface area contributed by atoms with E-state index in [0.717, 1.165) is 22.7 Å². The average Bonchev–Trinajstić information content (AvgIpc) is 2.56. The van der Waals surface area contributed by atoms with Crippen LogP contribution in [0.4, 0.5) is 22.7 Å². The van der Waals surface area contributed by atoms with E-state index >= 15 is 0 Å². The van der Waals surface area contributed by atoms with Gasteiger partial charge in [-0.3, -0.25) is 0 Å². The molecule has 2 N–H and O–H groups in total. The number of benzene rings is 3. The van der Waals surface area contributed by atoms with Crippen LogP contribution in [0, 0.1) is 13.8 Å². The van der Waals surface area contributed by atoms with Crippen LogP contribution in [0.2, 0.25) is 0 Å². The van der Waals surface area contributed by atoms with Gasteiger partial charge in [-0.05, 0) is 61.4 Å². The molecule has 3 rings (SSSR count). The van der Waals surface area contributed by atoms with E-state index in [9.17, 15) is 0 Å². The van der Waals surface area contributed by atoms with Crippen molar-refractivity contribution >= 4 is 22.7 Å². The van der Waals surface area contributed by atoms with Crippen molar-refractivity contribution in [3.63, 3.8) is 0 Å². The summed E-state index contributed by atoms with van der Waals surface area (Å²) in [6, 6.07) is 24.7. The standard InChI is InChI=1S/C20H20N2/c1-15-16(2)20(22-18-11-7-4-8-12-18)14-13-19(15)21-17-9-5-3-6-10-17/h3-14,21-22H,1-2H3. The summed E-state index contributed by atoms with van der Waals surface area (Å²) < 4.78 is 0. The molecule has 2 nitrogen and oxygen atoms in total. The van der Waals surface area contributed by atoms with Crippen LogP contribution in [0.25, 0.3) is 0 Å². The summed E-state index contributed by atoms with van der Waals surface area (Å²) in [7, 11) is 0. The Hall–Kier alpha value is -2.74. The molecule has 22 heavy (non-hydrogen) atoms. The van der Waals surface area contributed by atoms with E-state index in [-0.39, 0.29) is 0 Å². The molecule has 0 spiro atoms. The number of para-hydroxylation sites is 2. The van der Waals surface area contributed by atoms with E-state index in [0.29, 0.717) is 0 Å². The molecule has 0 saturated heterocycles. The van der Waals surface area contributed by atoms with Crippen molar-refractivity contribution < 1.29 is 0 Å². The molecule has 0 aliphatic rings. The van der Waals surface area contributed by atoms with Crippen LogP contribution in [-0.4, -0.2) is 0 Å². The van der Waals surface area contributed by atoms with Gasteiger partial charge < -0.3 is 10.6 Å². The first-order chi connectivity index (χ1) is 10.7. The Labute approximate surface area is 131 Å². The maximum atomic E-state index is 3.48. The zero-order chi connectivity index (χ0) is 15.4. The summed E-state index contributed by atoms with van der Waals surface area (Å²) in [5, 5.41) is 6.95. The lowest BCUT2D eigenvalue weighted by molar-refractivity contribution is 1.32. The monoisotopic (exact) mass is 288 g/mol. The second-order valence-corrected chi connectivity index (χ2v) is 5.39. The maximum Gasteiger partial charge on any atom is 0.0418 e.